The molecule has 0 radical (unpaired) electrons. The lowest BCUT2D eigenvalue weighted by Gasteiger charge is -2.16. The zero-order chi connectivity index (χ0) is 7.84. The van der Waals surface area contributed by atoms with E-state index >= 15 is 0 Å². The molecular weight excluding hydrogens is 158 g/mol. The van der Waals surface area contributed by atoms with Gasteiger partial charge in [0.2, 0.25) is 0 Å². The summed E-state index contributed by atoms with van der Waals surface area (Å²) in [6.45, 7) is 0. The highest BCUT2D eigenvalue weighted by Crippen LogP contribution is 2.17. The molecule has 2 N–H and O–H groups in total. The van der Waals surface area contributed by atoms with Gasteiger partial charge in [-0.2, -0.15) is 0 Å². The van der Waals surface area contributed by atoms with Crippen molar-refractivity contribution in [3.05, 3.63) is 35.7 Å². The first-order chi connectivity index (χ1) is 5.29. The Hall–Kier alpha value is -0.930. The molecule has 0 saturated carbocycles. The Morgan fingerprint density at radius 1 is 1.27 bits per heavy atom. The van der Waals surface area contributed by atoms with Crippen LogP contribution in [0.25, 0.3) is 6.08 Å². The Balaban J connectivity index is 2.58. The second kappa shape index (κ2) is 2.29. The van der Waals surface area contributed by atoms with Gasteiger partial charge in [0, 0.05) is 5.56 Å². The van der Waals surface area contributed by atoms with Crippen molar-refractivity contribution in [1.29, 1.82) is 0 Å². The first-order valence-corrected chi connectivity index (χ1v) is 3.74. The van der Waals surface area contributed by atoms with Crippen LogP contribution in [0.15, 0.2) is 30.1 Å². The molecule has 0 spiro atoms. The highest BCUT2D eigenvalue weighted by molar-refractivity contribution is 7.51. The molecule has 11 heavy (non-hydrogen) atoms. The van der Waals surface area contributed by atoms with E-state index in [9.17, 15) is 5.11 Å². The van der Waals surface area contributed by atoms with Crippen molar-refractivity contribution in [2.75, 3.05) is 0 Å². The molecule has 0 saturated heterocycles. The van der Waals surface area contributed by atoms with Gasteiger partial charge in [0.25, 0.3) is 5.88 Å². The zero-order valence-electron chi connectivity index (χ0n) is 5.74. The Bertz CT molecular complexity index is 322. The third-order valence-corrected chi connectivity index (χ3v) is 2.16. The Morgan fingerprint density at radius 2 is 2.00 bits per heavy atom. The van der Waals surface area contributed by atoms with E-state index in [4.69, 9.17) is 12.8 Å². The van der Waals surface area contributed by atoms with Crippen LogP contribution in [0.4, 0.5) is 5.69 Å². The second-order valence-electron chi connectivity index (χ2n) is 2.45. The van der Waals surface area contributed by atoms with Crippen LogP contribution in [-0.2, 0) is 12.8 Å². The van der Waals surface area contributed by atoms with Gasteiger partial charge in [-0.3, -0.25) is 0 Å². The average Bonchev–Trinajstić information content (AvgIpc) is 2.30. The largest absolute Gasteiger partial charge is 0.480 e. The number of rotatable bonds is 0. The van der Waals surface area contributed by atoms with Crippen molar-refractivity contribution in [2.24, 2.45) is 0 Å². The molecule has 1 unspecified atom stereocenters. The third kappa shape index (κ3) is 0.931. The quantitative estimate of drug-likeness (QED) is 0.548. The first-order valence-electron chi connectivity index (χ1n) is 3.33. The maximum atomic E-state index is 9.24. The molecule has 1 atom stereocenters. The van der Waals surface area contributed by atoms with Crippen LogP contribution in [0.3, 0.4) is 0 Å². The van der Waals surface area contributed by atoms with Gasteiger partial charge in [-0.25, -0.2) is 0 Å². The molecule has 1 aromatic rings. The van der Waals surface area contributed by atoms with Crippen LogP contribution < -0.4 is 4.31 Å². The highest BCUT2D eigenvalue weighted by atomic mass is 32.1. The molecule has 0 bridgehead atoms. The molecular formula is C8H7NOS. The van der Waals surface area contributed by atoms with Crippen molar-refractivity contribution in [1.82, 2.24) is 0 Å². The molecule has 1 aromatic carbocycles. The summed E-state index contributed by atoms with van der Waals surface area (Å²) in [5, 5.41) is 9.24. The van der Waals surface area contributed by atoms with Gasteiger partial charge >= 0.3 is 0 Å². The number of hydrogen-bond acceptors (Lipinski definition) is 2. The van der Waals surface area contributed by atoms with Crippen molar-refractivity contribution in [3.8, 4) is 0 Å². The predicted octanol–water partition coefficient (Wildman–Crippen LogP) is 0.535. The molecule has 1 aliphatic heterocycles. The molecule has 2 nitrogen and oxygen atoms in total. The second-order valence-corrected chi connectivity index (χ2v) is 2.85. The number of aliphatic hydroxyl groups excluding tert-OH is 1. The monoisotopic (exact) mass is 165 g/mol. The summed E-state index contributed by atoms with van der Waals surface area (Å²) in [6, 6.07) is 7.69. The summed E-state index contributed by atoms with van der Waals surface area (Å²) < 4.78 is 0.556. The summed E-state index contributed by atoms with van der Waals surface area (Å²) in [7, 11) is 0. The minimum absolute atomic E-state index is 0.209. The average molecular weight is 165 g/mol. The fourth-order valence-electron chi connectivity index (χ4n) is 1.18. The Morgan fingerprint density at radius 3 is 2.73 bits per heavy atom. The standard InChI is InChI=1S/C8H7NOS/c10-8-5-6-3-1-2-4-7(6)9(8)11/h1-5,9-10H. The van der Waals surface area contributed by atoms with E-state index in [1.54, 1.807) is 6.08 Å². The van der Waals surface area contributed by atoms with Crippen LogP contribution in [-0.4, -0.2) is 5.11 Å². The lowest BCUT2D eigenvalue weighted by atomic mass is 10.2. The molecule has 2 rings (SSSR count). The summed E-state index contributed by atoms with van der Waals surface area (Å²) in [5.74, 6) is 0.209. The summed E-state index contributed by atoms with van der Waals surface area (Å²) in [5.41, 5.74) is 1.97. The Kier molecular flexibility index (Phi) is 1.41. The molecule has 56 valence electrons. The van der Waals surface area contributed by atoms with Crippen LogP contribution in [0.5, 0.6) is 0 Å². The van der Waals surface area contributed by atoms with Gasteiger partial charge in [-0.05, 0) is 12.1 Å². The lowest BCUT2D eigenvalue weighted by molar-refractivity contribution is -0.646. The third-order valence-electron chi connectivity index (χ3n) is 1.73. The van der Waals surface area contributed by atoms with Gasteiger partial charge in [-0.1, -0.05) is 12.1 Å². The SMILES string of the molecule is OC1=Cc2ccccc2[NH+]1[S-]. The topological polar surface area (TPSA) is 24.7 Å². The molecule has 3 heteroatoms. The first kappa shape index (κ1) is 6.76. The maximum Gasteiger partial charge on any atom is 0.275 e. The Labute approximate surface area is 70.3 Å². The van der Waals surface area contributed by atoms with Crippen molar-refractivity contribution in [2.45, 2.75) is 0 Å². The molecule has 0 aliphatic carbocycles. The van der Waals surface area contributed by atoms with Crippen LogP contribution in [0.2, 0.25) is 0 Å². The van der Waals surface area contributed by atoms with Gasteiger partial charge in [0.1, 0.15) is 5.69 Å². The molecule has 1 heterocycles. The lowest BCUT2D eigenvalue weighted by Crippen LogP contribution is -2.99. The molecule has 1 aliphatic rings. The van der Waals surface area contributed by atoms with E-state index in [-0.39, 0.29) is 5.88 Å². The molecule has 0 amide bonds. The number of benzene rings is 1. The number of para-hydroxylation sites is 1. The number of hydrogen-bond donors (Lipinski definition) is 2. The van der Waals surface area contributed by atoms with Crippen molar-refractivity contribution < 1.29 is 9.41 Å². The van der Waals surface area contributed by atoms with Gasteiger partial charge in [-0.15, -0.1) is 0 Å². The minimum atomic E-state index is 0.209. The summed E-state index contributed by atoms with van der Waals surface area (Å²) in [6.07, 6.45) is 1.69. The van der Waals surface area contributed by atoms with Gasteiger partial charge < -0.3 is 22.2 Å². The fraction of sp³-hybridized carbons (Fsp3) is 0. The fourth-order valence-corrected chi connectivity index (χ4v) is 1.43. The van der Waals surface area contributed by atoms with E-state index < -0.39 is 0 Å². The zero-order valence-corrected chi connectivity index (χ0v) is 6.56. The van der Waals surface area contributed by atoms with Gasteiger partial charge in [0.15, 0.2) is 0 Å². The number of nitrogens with one attached hydrogen (secondary N) is 1. The van der Waals surface area contributed by atoms with E-state index in [0.717, 1.165) is 11.3 Å². The minimum Gasteiger partial charge on any atom is -0.480 e. The van der Waals surface area contributed by atoms with Crippen molar-refractivity contribution in [3.63, 3.8) is 0 Å². The predicted molar refractivity (Wildman–Crippen MR) is 45.0 cm³/mol. The van der Waals surface area contributed by atoms with Crippen LogP contribution >= 0.6 is 0 Å². The smallest absolute Gasteiger partial charge is 0.275 e. The number of quaternary nitrogens is 1. The summed E-state index contributed by atoms with van der Waals surface area (Å²) in [4.78, 5) is 0. The normalized spacial score (nSPS) is 21.2. The van der Waals surface area contributed by atoms with Crippen molar-refractivity contribution >= 4 is 24.6 Å². The maximum absolute atomic E-state index is 9.24. The van der Waals surface area contributed by atoms with E-state index in [0.29, 0.717) is 4.31 Å². The number of aliphatic hydroxyl groups is 1. The van der Waals surface area contributed by atoms with Crippen LogP contribution in [0, 0.1) is 0 Å². The van der Waals surface area contributed by atoms with E-state index in [2.05, 4.69) is 0 Å². The van der Waals surface area contributed by atoms with Gasteiger partial charge in [0.05, 0.1) is 6.08 Å². The van der Waals surface area contributed by atoms with E-state index in [1.807, 2.05) is 24.3 Å². The molecule has 0 fully saturated rings. The van der Waals surface area contributed by atoms with Crippen LogP contribution in [0.1, 0.15) is 5.56 Å². The van der Waals surface area contributed by atoms with E-state index in [1.165, 1.54) is 0 Å². The summed E-state index contributed by atoms with van der Waals surface area (Å²) >= 11 is 4.98. The number of fused-ring (bicyclic) bond motifs is 1. The molecule has 0 aromatic heterocycles. The highest BCUT2D eigenvalue weighted by Gasteiger charge is 2.17.